The first-order valence-electron chi connectivity index (χ1n) is 7.82. The highest BCUT2D eigenvalue weighted by atomic mass is 79.9. The molecule has 138 valence electrons. The van der Waals surface area contributed by atoms with Gasteiger partial charge < -0.3 is 4.74 Å². The number of rotatable bonds is 1. The summed E-state index contributed by atoms with van der Waals surface area (Å²) >= 11 is 16.0. The highest BCUT2D eigenvalue weighted by molar-refractivity contribution is 9.10. The summed E-state index contributed by atoms with van der Waals surface area (Å²) in [5.41, 5.74) is 2.12. The first kappa shape index (κ1) is 19.4. The molecule has 0 N–H and O–H groups in total. The van der Waals surface area contributed by atoms with E-state index in [0.29, 0.717) is 44.0 Å². The van der Waals surface area contributed by atoms with Crippen LogP contribution in [0.4, 0.5) is 14.9 Å². The first-order valence-corrected chi connectivity index (χ1v) is 9.37. The molecule has 4 nitrogen and oxygen atoms in total. The van der Waals surface area contributed by atoms with Crippen LogP contribution < -0.4 is 4.90 Å². The lowest BCUT2D eigenvalue weighted by Crippen LogP contribution is -2.34. The Hall–Kier alpha value is -1.37. The van der Waals surface area contributed by atoms with Gasteiger partial charge in [0.05, 0.1) is 25.9 Å². The van der Waals surface area contributed by atoms with Crippen LogP contribution in [-0.2, 0) is 11.2 Å². The molecule has 8 heteroatoms. The monoisotopic (exact) mass is 460 g/mol. The molecule has 0 fully saturated rings. The highest BCUT2D eigenvalue weighted by Crippen LogP contribution is 2.50. The van der Waals surface area contributed by atoms with Gasteiger partial charge in [-0.25, -0.2) is 9.18 Å². The predicted octanol–water partition coefficient (Wildman–Crippen LogP) is 6.23. The summed E-state index contributed by atoms with van der Waals surface area (Å²) in [6.45, 7) is 5.30. The molecule has 0 aliphatic heterocycles. The van der Waals surface area contributed by atoms with E-state index in [1.165, 1.54) is 18.0 Å². The topological polar surface area (TPSA) is 42.4 Å². The van der Waals surface area contributed by atoms with E-state index in [1.54, 1.807) is 27.0 Å². The summed E-state index contributed by atoms with van der Waals surface area (Å²) in [5.74, 6) is -0.639. The van der Waals surface area contributed by atoms with E-state index in [9.17, 15) is 9.18 Å². The zero-order valence-corrected chi connectivity index (χ0v) is 17.7. The number of pyridine rings is 1. The van der Waals surface area contributed by atoms with Gasteiger partial charge in [0.15, 0.2) is 0 Å². The van der Waals surface area contributed by atoms with Crippen LogP contribution >= 0.6 is 39.1 Å². The molecular weight excluding hydrogens is 446 g/mol. The van der Waals surface area contributed by atoms with E-state index in [1.807, 2.05) is 0 Å². The second-order valence-corrected chi connectivity index (χ2v) is 8.61. The van der Waals surface area contributed by atoms with E-state index in [0.717, 1.165) is 0 Å². The number of hydrogen-bond donors (Lipinski definition) is 0. The van der Waals surface area contributed by atoms with Gasteiger partial charge >= 0.3 is 6.09 Å². The van der Waals surface area contributed by atoms with Gasteiger partial charge in [-0.15, -0.1) is 0 Å². The molecule has 1 aliphatic carbocycles. The van der Waals surface area contributed by atoms with Gasteiger partial charge in [0.1, 0.15) is 11.4 Å². The van der Waals surface area contributed by atoms with Crippen molar-refractivity contribution >= 4 is 50.9 Å². The van der Waals surface area contributed by atoms with E-state index in [2.05, 4.69) is 20.9 Å². The largest absolute Gasteiger partial charge is 0.443 e. The standard InChI is InChI=1S/C18H16BrCl2FN2O2/c1-18(2,3)26-17(25)24(4)12-6-10(22)16(21)13-8(12)5-11-14(13)15(20)9(19)7-23-11/h6-7H,5H2,1-4H3. The fraction of sp³-hybridized carbons (Fsp3) is 0.333. The van der Waals surface area contributed by atoms with E-state index < -0.39 is 17.5 Å². The molecule has 0 atom stereocenters. The minimum absolute atomic E-state index is 0.0399. The number of ether oxygens (including phenoxy) is 1. The van der Waals surface area contributed by atoms with Crippen molar-refractivity contribution in [3.63, 3.8) is 0 Å². The van der Waals surface area contributed by atoms with Crippen molar-refractivity contribution in [2.75, 3.05) is 11.9 Å². The van der Waals surface area contributed by atoms with E-state index in [4.69, 9.17) is 27.9 Å². The highest BCUT2D eigenvalue weighted by Gasteiger charge is 2.33. The average Bonchev–Trinajstić information content (AvgIpc) is 2.92. The smallest absolute Gasteiger partial charge is 0.414 e. The molecule has 0 unspecified atom stereocenters. The Morgan fingerprint density at radius 1 is 1.31 bits per heavy atom. The number of hydrogen-bond acceptors (Lipinski definition) is 3. The lowest BCUT2D eigenvalue weighted by Gasteiger charge is -2.26. The number of amides is 1. The minimum atomic E-state index is -0.668. The third-order valence-electron chi connectivity index (χ3n) is 3.98. The summed E-state index contributed by atoms with van der Waals surface area (Å²) in [6, 6.07) is 1.24. The number of nitrogens with zero attached hydrogens (tertiary/aromatic N) is 2. The quantitative estimate of drug-likeness (QED) is 0.431. The molecule has 2 aromatic rings. The van der Waals surface area contributed by atoms with Gasteiger partial charge in [-0.2, -0.15) is 0 Å². The van der Waals surface area contributed by atoms with Gasteiger partial charge in [0, 0.05) is 30.8 Å². The molecule has 0 spiro atoms. The lowest BCUT2D eigenvalue weighted by molar-refractivity contribution is 0.0589. The number of aromatic nitrogens is 1. The number of fused-ring (bicyclic) bond motifs is 3. The Labute approximate surface area is 169 Å². The van der Waals surface area contributed by atoms with Crippen LogP contribution in [0.15, 0.2) is 16.7 Å². The summed E-state index contributed by atoms with van der Waals surface area (Å²) in [6.07, 6.45) is 1.40. The van der Waals surface area contributed by atoms with Crippen molar-refractivity contribution in [1.29, 1.82) is 0 Å². The molecular formula is C18H16BrCl2FN2O2. The maximum Gasteiger partial charge on any atom is 0.414 e. The van der Waals surface area contributed by atoms with Crippen molar-refractivity contribution in [1.82, 2.24) is 4.98 Å². The first-order chi connectivity index (χ1) is 12.0. The SMILES string of the molecule is CN(C(=O)OC(C)(C)C)c1cc(F)c(Cl)c2c1Cc1ncc(Br)c(Cl)c1-2. The van der Waals surface area contributed by atoms with Crippen molar-refractivity contribution < 1.29 is 13.9 Å². The normalized spacial score (nSPS) is 12.6. The van der Waals surface area contributed by atoms with Gasteiger partial charge in [-0.05, 0) is 48.3 Å². The van der Waals surface area contributed by atoms with E-state index in [-0.39, 0.29) is 5.02 Å². The van der Waals surface area contributed by atoms with Crippen molar-refractivity contribution in [3.05, 3.63) is 43.9 Å². The Morgan fingerprint density at radius 3 is 2.58 bits per heavy atom. The van der Waals surface area contributed by atoms with Gasteiger partial charge in [-0.1, -0.05) is 23.2 Å². The molecule has 0 saturated carbocycles. The zero-order valence-electron chi connectivity index (χ0n) is 14.6. The molecule has 26 heavy (non-hydrogen) atoms. The number of anilines is 1. The Bertz CT molecular complexity index is 929. The van der Waals surface area contributed by atoms with Gasteiger partial charge in [0.25, 0.3) is 0 Å². The predicted molar refractivity (Wildman–Crippen MR) is 105 cm³/mol. The number of carbonyl (C=O) groups is 1. The molecule has 3 rings (SSSR count). The third kappa shape index (κ3) is 3.30. The third-order valence-corrected chi connectivity index (χ3v) is 5.57. The Balaban J connectivity index is 2.16. The summed E-state index contributed by atoms with van der Waals surface area (Å²) in [4.78, 5) is 18.1. The fourth-order valence-corrected chi connectivity index (χ4v) is 3.69. The van der Waals surface area contributed by atoms with Crippen molar-refractivity contribution in [3.8, 4) is 11.1 Å². The van der Waals surface area contributed by atoms with Gasteiger partial charge in [0.2, 0.25) is 0 Å². The summed E-state index contributed by atoms with van der Waals surface area (Å²) in [7, 11) is 1.53. The van der Waals surface area contributed by atoms with Crippen molar-refractivity contribution in [2.24, 2.45) is 0 Å². The van der Waals surface area contributed by atoms with Crippen molar-refractivity contribution in [2.45, 2.75) is 32.8 Å². The molecule has 1 aliphatic rings. The molecule has 1 aromatic heterocycles. The van der Waals surface area contributed by atoms with Crippen LogP contribution in [0.1, 0.15) is 32.0 Å². The molecule has 1 heterocycles. The minimum Gasteiger partial charge on any atom is -0.443 e. The van der Waals surface area contributed by atoms with Crippen LogP contribution in [0, 0.1) is 5.82 Å². The maximum atomic E-state index is 14.5. The Kier molecular flexibility index (Phi) is 4.97. The zero-order chi connectivity index (χ0) is 19.4. The number of benzene rings is 1. The van der Waals surface area contributed by atoms with Crippen LogP contribution in [0.5, 0.6) is 0 Å². The molecule has 0 bridgehead atoms. The lowest BCUT2D eigenvalue weighted by atomic mass is 10.0. The maximum absolute atomic E-state index is 14.5. The molecule has 0 radical (unpaired) electrons. The van der Waals surface area contributed by atoms with E-state index >= 15 is 0 Å². The second kappa shape index (κ2) is 6.66. The number of halogens is 4. The average molecular weight is 462 g/mol. The molecule has 0 saturated heterocycles. The second-order valence-electron chi connectivity index (χ2n) is 7.00. The van der Waals surface area contributed by atoms with Crippen LogP contribution in [0.3, 0.4) is 0 Å². The van der Waals surface area contributed by atoms with Crippen LogP contribution in [0.25, 0.3) is 11.1 Å². The number of carbonyl (C=O) groups excluding carboxylic acids is 1. The molecule has 1 amide bonds. The fourth-order valence-electron chi connectivity index (χ4n) is 2.88. The summed E-state index contributed by atoms with van der Waals surface area (Å²) < 4.78 is 20.5. The molecule has 1 aromatic carbocycles. The van der Waals surface area contributed by atoms with Crippen LogP contribution in [0.2, 0.25) is 10.0 Å². The summed E-state index contributed by atoms with van der Waals surface area (Å²) in [5, 5.41) is 0.369. The Morgan fingerprint density at radius 2 is 1.96 bits per heavy atom. The van der Waals surface area contributed by atoms with Gasteiger partial charge in [-0.3, -0.25) is 9.88 Å². The van der Waals surface area contributed by atoms with Crippen LogP contribution in [-0.4, -0.2) is 23.7 Å².